The molecule has 6 nitrogen and oxygen atoms in total. The molecular formula is C12H13N3O3S. The molecule has 0 N–H and O–H groups in total. The number of aromatic nitrogens is 2. The van der Waals surface area contributed by atoms with Gasteiger partial charge in [-0.25, -0.2) is 9.55 Å². The van der Waals surface area contributed by atoms with Crippen LogP contribution in [0.1, 0.15) is 11.4 Å². The Morgan fingerprint density at radius 1 is 1.53 bits per heavy atom. The zero-order chi connectivity index (χ0) is 14.0. The topological polar surface area (TPSA) is 70.2 Å². The van der Waals surface area contributed by atoms with Crippen LogP contribution in [0.4, 0.5) is 5.82 Å². The van der Waals surface area contributed by atoms with Crippen molar-refractivity contribution < 1.29 is 9.66 Å². The summed E-state index contributed by atoms with van der Waals surface area (Å²) in [6.45, 7) is 2.12. The van der Waals surface area contributed by atoms with Gasteiger partial charge in [0.25, 0.3) is 0 Å². The van der Waals surface area contributed by atoms with E-state index in [9.17, 15) is 10.1 Å². The number of ether oxygens (including phenoxy) is 1. The molecule has 0 spiro atoms. The van der Waals surface area contributed by atoms with Crippen LogP contribution in [-0.4, -0.2) is 14.5 Å². The SMILES string of the molecule is Cc1ccc(OCc2ncc([N+](=O)[O-])n2C)c(S)c1. The maximum Gasteiger partial charge on any atom is 0.342 e. The zero-order valence-corrected chi connectivity index (χ0v) is 11.4. The van der Waals surface area contributed by atoms with Crippen molar-refractivity contribution in [2.45, 2.75) is 18.4 Å². The highest BCUT2D eigenvalue weighted by Crippen LogP contribution is 2.24. The fraction of sp³-hybridized carbons (Fsp3) is 0.250. The quantitative estimate of drug-likeness (QED) is 0.530. The lowest BCUT2D eigenvalue weighted by Gasteiger charge is -2.07. The second-order valence-corrected chi connectivity index (χ2v) is 4.59. The maximum absolute atomic E-state index is 10.7. The van der Waals surface area contributed by atoms with E-state index >= 15 is 0 Å². The average molecular weight is 279 g/mol. The van der Waals surface area contributed by atoms with Gasteiger partial charge in [0.2, 0.25) is 5.82 Å². The molecule has 19 heavy (non-hydrogen) atoms. The Morgan fingerprint density at radius 2 is 2.26 bits per heavy atom. The molecule has 1 heterocycles. The number of hydrogen-bond acceptors (Lipinski definition) is 5. The van der Waals surface area contributed by atoms with Gasteiger partial charge >= 0.3 is 5.82 Å². The van der Waals surface area contributed by atoms with E-state index in [1.165, 1.54) is 10.8 Å². The van der Waals surface area contributed by atoms with Crippen molar-refractivity contribution in [1.29, 1.82) is 0 Å². The Kier molecular flexibility index (Phi) is 3.75. The van der Waals surface area contributed by atoms with Crippen molar-refractivity contribution in [3.05, 3.63) is 45.9 Å². The average Bonchev–Trinajstić information content (AvgIpc) is 2.70. The van der Waals surface area contributed by atoms with Gasteiger partial charge in [0.05, 0.1) is 7.05 Å². The molecule has 0 radical (unpaired) electrons. The van der Waals surface area contributed by atoms with Gasteiger partial charge in [0, 0.05) is 4.90 Å². The summed E-state index contributed by atoms with van der Waals surface area (Å²) in [4.78, 5) is 14.9. The van der Waals surface area contributed by atoms with Crippen LogP contribution in [0.2, 0.25) is 0 Å². The molecule has 0 aliphatic carbocycles. The van der Waals surface area contributed by atoms with Crippen LogP contribution in [0.15, 0.2) is 29.3 Å². The van der Waals surface area contributed by atoms with Crippen LogP contribution >= 0.6 is 12.6 Å². The van der Waals surface area contributed by atoms with Crippen LogP contribution in [0.5, 0.6) is 5.75 Å². The van der Waals surface area contributed by atoms with Gasteiger partial charge < -0.3 is 14.9 Å². The van der Waals surface area contributed by atoms with Crippen molar-refractivity contribution in [2.75, 3.05) is 0 Å². The number of benzene rings is 1. The molecule has 0 saturated heterocycles. The molecule has 0 fully saturated rings. The fourth-order valence-electron chi connectivity index (χ4n) is 1.63. The lowest BCUT2D eigenvalue weighted by Crippen LogP contribution is -2.06. The normalized spacial score (nSPS) is 10.5. The van der Waals surface area contributed by atoms with Crippen LogP contribution in [0.3, 0.4) is 0 Å². The summed E-state index contributed by atoms with van der Waals surface area (Å²) in [5, 5.41) is 10.7. The van der Waals surface area contributed by atoms with E-state index in [1.807, 2.05) is 25.1 Å². The third-order valence-corrected chi connectivity index (χ3v) is 3.07. The summed E-state index contributed by atoms with van der Waals surface area (Å²) in [7, 11) is 1.58. The highest BCUT2D eigenvalue weighted by atomic mass is 32.1. The monoisotopic (exact) mass is 279 g/mol. The lowest BCUT2D eigenvalue weighted by molar-refractivity contribution is -0.391. The molecule has 0 bridgehead atoms. The first-order chi connectivity index (χ1) is 8.99. The zero-order valence-electron chi connectivity index (χ0n) is 10.5. The molecule has 7 heteroatoms. The third-order valence-electron chi connectivity index (χ3n) is 2.72. The van der Waals surface area contributed by atoms with Crippen molar-refractivity contribution in [1.82, 2.24) is 9.55 Å². The maximum atomic E-state index is 10.7. The Morgan fingerprint density at radius 3 is 2.84 bits per heavy atom. The summed E-state index contributed by atoms with van der Waals surface area (Å²) < 4.78 is 6.96. The molecule has 1 aromatic heterocycles. The van der Waals surface area contributed by atoms with Crippen LogP contribution in [-0.2, 0) is 13.7 Å². The molecule has 2 rings (SSSR count). The molecule has 2 aromatic rings. The highest BCUT2D eigenvalue weighted by Gasteiger charge is 2.16. The summed E-state index contributed by atoms with van der Waals surface area (Å²) in [5.41, 5.74) is 1.09. The van der Waals surface area contributed by atoms with Crippen molar-refractivity contribution in [3.63, 3.8) is 0 Å². The Bertz CT molecular complexity index is 625. The van der Waals surface area contributed by atoms with Crippen LogP contribution in [0, 0.1) is 17.0 Å². The molecule has 0 unspecified atom stereocenters. The largest absolute Gasteiger partial charge is 0.482 e. The first-order valence-corrected chi connectivity index (χ1v) is 6.01. The van der Waals surface area contributed by atoms with E-state index in [-0.39, 0.29) is 12.4 Å². The van der Waals surface area contributed by atoms with Crippen molar-refractivity contribution in [2.24, 2.45) is 7.05 Å². The van der Waals surface area contributed by atoms with E-state index in [0.29, 0.717) is 11.6 Å². The van der Waals surface area contributed by atoms with Crippen molar-refractivity contribution in [3.8, 4) is 5.75 Å². The molecule has 0 amide bonds. The predicted octanol–water partition coefficient (Wildman–Crippen LogP) is 2.50. The first-order valence-electron chi connectivity index (χ1n) is 5.56. The molecule has 0 atom stereocenters. The number of aryl methyl sites for hydroxylation is 1. The molecule has 0 aliphatic heterocycles. The van der Waals surface area contributed by atoms with E-state index < -0.39 is 4.92 Å². The second-order valence-electron chi connectivity index (χ2n) is 4.11. The minimum atomic E-state index is -0.480. The van der Waals surface area contributed by atoms with E-state index in [0.717, 1.165) is 10.5 Å². The predicted molar refractivity (Wildman–Crippen MR) is 72.6 cm³/mol. The fourth-order valence-corrected chi connectivity index (χ4v) is 1.98. The first kappa shape index (κ1) is 13.4. The van der Waals surface area contributed by atoms with E-state index in [2.05, 4.69) is 17.6 Å². The minimum Gasteiger partial charge on any atom is -0.482 e. The lowest BCUT2D eigenvalue weighted by atomic mass is 10.2. The van der Waals surface area contributed by atoms with Crippen molar-refractivity contribution >= 4 is 18.4 Å². The van der Waals surface area contributed by atoms with Gasteiger partial charge in [-0.1, -0.05) is 6.07 Å². The van der Waals surface area contributed by atoms with Gasteiger partial charge in [-0.2, -0.15) is 0 Å². The summed E-state index contributed by atoms with van der Waals surface area (Å²) in [6, 6.07) is 5.62. The number of nitro groups is 1. The van der Waals surface area contributed by atoms with Crippen LogP contribution in [0.25, 0.3) is 0 Å². The number of hydrogen-bond donors (Lipinski definition) is 1. The minimum absolute atomic E-state index is 0.0615. The van der Waals surface area contributed by atoms with Crippen LogP contribution < -0.4 is 4.74 Å². The van der Waals surface area contributed by atoms with Gasteiger partial charge in [-0.05, 0) is 29.5 Å². The Labute approximate surface area is 115 Å². The summed E-state index contributed by atoms with van der Waals surface area (Å²) >= 11 is 4.32. The smallest absolute Gasteiger partial charge is 0.342 e. The number of thiol groups is 1. The summed E-state index contributed by atoms with van der Waals surface area (Å²) in [5.74, 6) is 1.05. The van der Waals surface area contributed by atoms with E-state index in [4.69, 9.17) is 4.74 Å². The highest BCUT2D eigenvalue weighted by molar-refractivity contribution is 7.80. The second kappa shape index (κ2) is 5.31. The van der Waals surface area contributed by atoms with Gasteiger partial charge in [-0.15, -0.1) is 12.6 Å². The standard InChI is InChI=1S/C12H13N3O3S/c1-8-3-4-9(10(19)5-8)18-7-11-13-6-12(14(11)2)15(16)17/h3-6,19H,7H2,1-2H3. The van der Waals surface area contributed by atoms with Gasteiger partial charge in [0.1, 0.15) is 11.9 Å². The molecular weight excluding hydrogens is 266 g/mol. The van der Waals surface area contributed by atoms with Gasteiger partial charge in [0.15, 0.2) is 6.61 Å². The van der Waals surface area contributed by atoms with E-state index in [1.54, 1.807) is 7.05 Å². The number of imidazole rings is 1. The van der Waals surface area contributed by atoms with Gasteiger partial charge in [-0.3, -0.25) is 0 Å². The summed E-state index contributed by atoms with van der Waals surface area (Å²) in [6.07, 6.45) is 1.22. The number of rotatable bonds is 4. The molecule has 0 aliphatic rings. The third kappa shape index (κ3) is 2.87. The molecule has 0 saturated carbocycles. The molecule has 100 valence electrons. The Balaban J connectivity index is 2.12. The Hall–Kier alpha value is -2.02. The number of nitrogens with zero attached hydrogens (tertiary/aromatic N) is 3. The molecule has 1 aromatic carbocycles.